The first-order chi connectivity index (χ1) is 16.2. The molecule has 1 unspecified atom stereocenters. The predicted octanol–water partition coefficient (Wildman–Crippen LogP) is 1.91. The predicted molar refractivity (Wildman–Crippen MR) is 121 cm³/mol. The number of rotatable bonds is 2. The van der Waals surface area contributed by atoms with Crippen molar-refractivity contribution in [1.82, 2.24) is 14.9 Å². The van der Waals surface area contributed by atoms with Gasteiger partial charge in [-0.3, -0.25) is 9.59 Å². The number of aromatic hydroxyl groups is 1. The summed E-state index contributed by atoms with van der Waals surface area (Å²) in [5, 5.41) is 25.4. The van der Waals surface area contributed by atoms with E-state index >= 15 is 0 Å². The van der Waals surface area contributed by atoms with Crippen LogP contribution in [-0.2, 0) is 39.5 Å². The fourth-order valence-corrected chi connectivity index (χ4v) is 5.73. The third-order valence-electron chi connectivity index (χ3n) is 7.39. The van der Waals surface area contributed by atoms with Crippen LogP contribution in [0.2, 0.25) is 0 Å². The van der Waals surface area contributed by atoms with Crippen LogP contribution >= 0.6 is 0 Å². The summed E-state index contributed by atoms with van der Waals surface area (Å²) in [4.78, 5) is 42.7. The molecule has 0 spiro atoms. The molecule has 1 aliphatic carbocycles. The molecule has 3 aromatic rings. The van der Waals surface area contributed by atoms with Gasteiger partial charge in [-0.1, -0.05) is 6.92 Å². The molecule has 1 aromatic carbocycles. The number of hydrogen-bond donors (Lipinski definition) is 3. The Morgan fingerprint density at radius 3 is 2.82 bits per heavy atom. The third-order valence-corrected chi connectivity index (χ3v) is 7.39. The van der Waals surface area contributed by atoms with Crippen molar-refractivity contribution in [2.24, 2.45) is 0 Å². The lowest BCUT2D eigenvalue weighted by molar-refractivity contribution is -0.172. The molecule has 6 rings (SSSR count). The molecule has 0 saturated carbocycles. The van der Waals surface area contributed by atoms with E-state index < -0.39 is 11.6 Å². The van der Waals surface area contributed by atoms with E-state index in [2.05, 4.69) is 5.32 Å². The molecule has 9 heteroatoms. The normalized spacial score (nSPS) is 22.1. The number of cyclic esters (lactones) is 1. The van der Waals surface area contributed by atoms with Gasteiger partial charge in [0.05, 0.1) is 35.1 Å². The van der Waals surface area contributed by atoms with E-state index in [9.17, 15) is 24.6 Å². The Morgan fingerprint density at radius 2 is 2.09 bits per heavy atom. The quantitative estimate of drug-likeness (QED) is 0.389. The van der Waals surface area contributed by atoms with E-state index in [1.807, 2.05) is 0 Å². The number of aryl methyl sites for hydroxylation is 1. The maximum atomic E-state index is 13.5. The van der Waals surface area contributed by atoms with Crippen molar-refractivity contribution in [3.8, 4) is 17.1 Å². The molecule has 174 valence electrons. The summed E-state index contributed by atoms with van der Waals surface area (Å²) < 4.78 is 6.73. The molecular weight excluding hydrogens is 438 g/mol. The van der Waals surface area contributed by atoms with Gasteiger partial charge in [0.1, 0.15) is 12.4 Å². The second-order valence-corrected chi connectivity index (χ2v) is 9.20. The Bertz CT molecular complexity index is 1510. The zero-order chi connectivity index (χ0) is 23.9. The number of aliphatic hydroxyl groups is 1. The smallest absolute Gasteiger partial charge is 0.343 e. The number of ether oxygens (including phenoxy) is 1. The van der Waals surface area contributed by atoms with E-state index in [1.165, 1.54) is 6.92 Å². The standard InChI is InChI=1S/C25H23N3O6/c1-3-25(33)15-8-18-22-13(9-28(18)23(31)14(15)10-34-24(25)32)21-16(26-11(2)29)5-4-12-19(30)7-6-17(27-22)20(12)21/h6-8,16,30,33H,3-5,9-10H2,1-2H3,(H,26,29)/t16?,25-/m0/s1. The van der Waals surface area contributed by atoms with Crippen LogP contribution in [0.1, 0.15) is 60.5 Å². The fourth-order valence-electron chi connectivity index (χ4n) is 5.73. The maximum Gasteiger partial charge on any atom is 0.343 e. The highest BCUT2D eigenvalue weighted by molar-refractivity contribution is 5.94. The van der Waals surface area contributed by atoms with Gasteiger partial charge < -0.3 is 24.8 Å². The van der Waals surface area contributed by atoms with Gasteiger partial charge in [-0.25, -0.2) is 9.78 Å². The lowest BCUT2D eigenvalue weighted by Gasteiger charge is -2.31. The molecule has 2 atom stereocenters. The number of nitrogens with one attached hydrogen (secondary N) is 1. The van der Waals surface area contributed by atoms with Gasteiger partial charge in [0, 0.05) is 29.0 Å². The van der Waals surface area contributed by atoms with Crippen LogP contribution in [0, 0.1) is 0 Å². The monoisotopic (exact) mass is 461 g/mol. The van der Waals surface area contributed by atoms with E-state index in [0.717, 1.165) is 22.1 Å². The van der Waals surface area contributed by atoms with Gasteiger partial charge in [-0.2, -0.15) is 0 Å². The van der Waals surface area contributed by atoms with Crippen molar-refractivity contribution in [3.05, 3.63) is 56.4 Å². The number of carbonyl (C=O) groups is 2. The van der Waals surface area contributed by atoms with Crippen molar-refractivity contribution in [1.29, 1.82) is 0 Å². The highest BCUT2D eigenvalue weighted by atomic mass is 16.6. The number of hydrogen-bond acceptors (Lipinski definition) is 7. The number of aromatic nitrogens is 2. The SMILES string of the molecule is CC[C@@]1(O)C(=O)OCc2c1cc1n(c2=O)Cc2c-1nc1ccc(O)c3c1c2C(NC(C)=O)CC3. The van der Waals surface area contributed by atoms with Crippen LogP contribution in [0.15, 0.2) is 23.0 Å². The van der Waals surface area contributed by atoms with Crippen LogP contribution in [0.25, 0.3) is 22.3 Å². The molecule has 4 heterocycles. The fraction of sp³-hybridized carbons (Fsp3) is 0.360. The maximum absolute atomic E-state index is 13.5. The second kappa shape index (κ2) is 6.89. The summed E-state index contributed by atoms with van der Waals surface area (Å²) >= 11 is 0. The minimum atomic E-state index is -1.89. The Kier molecular flexibility index (Phi) is 4.23. The Labute approximate surface area is 194 Å². The molecule has 0 fully saturated rings. The van der Waals surface area contributed by atoms with Gasteiger partial charge in [-0.15, -0.1) is 0 Å². The minimum Gasteiger partial charge on any atom is -0.508 e. The van der Waals surface area contributed by atoms with Crippen LogP contribution in [0.3, 0.4) is 0 Å². The molecule has 2 aliphatic heterocycles. The van der Waals surface area contributed by atoms with Crippen LogP contribution in [0.4, 0.5) is 0 Å². The van der Waals surface area contributed by atoms with Crippen LogP contribution in [-0.4, -0.2) is 31.6 Å². The van der Waals surface area contributed by atoms with Crippen molar-refractivity contribution < 1.29 is 24.5 Å². The summed E-state index contributed by atoms with van der Waals surface area (Å²) in [6.07, 6.45) is 1.26. The van der Waals surface area contributed by atoms with E-state index in [0.29, 0.717) is 29.7 Å². The van der Waals surface area contributed by atoms with Gasteiger partial charge in [0.25, 0.3) is 5.56 Å². The highest BCUT2D eigenvalue weighted by Gasteiger charge is 2.45. The third kappa shape index (κ3) is 2.58. The van der Waals surface area contributed by atoms with Gasteiger partial charge in [0.15, 0.2) is 5.60 Å². The number of amides is 1. The van der Waals surface area contributed by atoms with Crippen molar-refractivity contribution >= 4 is 22.8 Å². The van der Waals surface area contributed by atoms with E-state index in [1.54, 1.807) is 29.7 Å². The average molecular weight is 461 g/mol. The number of fused-ring (bicyclic) bond motifs is 5. The Morgan fingerprint density at radius 1 is 1.29 bits per heavy atom. The average Bonchev–Trinajstić information content (AvgIpc) is 3.18. The number of phenolic OH excluding ortho intramolecular Hbond substituents is 1. The topological polar surface area (TPSA) is 131 Å². The van der Waals surface area contributed by atoms with Crippen LogP contribution < -0.4 is 10.9 Å². The lowest BCUT2D eigenvalue weighted by Crippen LogP contribution is -2.44. The van der Waals surface area contributed by atoms with E-state index in [-0.39, 0.29) is 54.0 Å². The van der Waals surface area contributed by atoms with E-state index in [4.69, 9.17) is 9.72 Å². The minimum absolute atomic E-state index is 0.0677. The number of carbonyl (C=O) groups excluding carboxylic acids is 2. The highest BCUT2D eigenvalue weighted by Crippen LogP contribution is 2.46. The first kappa shape index (κ1) is 20.9. The summed E-state index contributed by atoms with van der Waals surface area (Å²) in [5.74, 6) is -0.750. The number of benzene rings is 1. The molecule has 3 N–H and O–H groups in total. The van der Waals surface area contributed by atoms with Gasteiger partial charge in [0.2, 0.25) is 5.91 Å². The Hall–Kier alpha value is -3.72. The molecule has 0 saturated heterocycles. The lowest BCUT2D eigenvalue weighted by atomic mass is 9.83. The summed E-state index contributed by atoms with van der Waals surface area (Å²) in [6, 6.07) is 4.73. The summed E-state index contributed by atoms with van der Waals surface area (Å²) in [6.45, 7) is 3.17. The molecule has 3 aliphatic rings. The van der Waals surface area contributed by atoms with Crippen molar-refractivity contribution in [2.75, 3.05) is 0 Å². The number of nitrogens with zero attached hydrogens (tertiary/aromatic N) is 2. The summed E-state index contributed by atoms with van der Waals surface area (Å²) in [5.41, 5.74) is 2.47. The van der Waals surface area contributed by atoms with Crippen molar-refractivity contribution in [3.63, 3.8) is 0 Å². The molecule has 0 radical (unpaired) electrons. The second-order valence-electron chi connectivity index (χ2n) is 9.20. The first-order valence-corrected chi connectivity index (χ1v) is 11.4. The number of pyridine rings is 2. The molecule has 9 nitrogen and oxygen atoms in total. The van der Waals surface area contributed by atoms with Gasteiger partial charge in [-0.05, 0) is 43.0 Å². The van der Waals surface area contributed by atoms with Gasteiger partial charge >= 0.3 is 5.97 Å². The molecule has 1 amide bonds. The molecule has 0 bridgehead atoms. The zero-order valence-electron chi connectivity index (χ0n) is 18.8. The first-order valence-electron chi connectivity index (χ1n) is 11.4. The molecule has 2 aromatic heterocycles. The molecule has 34 heavy (non-hydrogen) atoms. The largest absolute Gasteiger partial charge is 0.508 e. The number of esters is 1. The molecular formula is C25H23N3O6. The zero-order valence-corrected chi connectivity index (χ0v) is 18.8. The van der Waals surface area contributed by atoms with Crippen LogP contribution in [0.5, 0.6) is 5.75 Å². The van der Waals surface area contributed by atoms with Crippen molar-refractivity contribution in [2.45, 2.75) is 57.9 Å². The summed E-state index contributed by atoms with van der Waals surface area (Å²) in [7, 11) is 0. The Balaban J connectivity index is 1.67. The number of phenols is 1.